The first-order valence-corrected chi connectivity index (χ1v) is 8.46. The lowest BCUT2D eigenvalue weighted by atomic mass is 10.1. The minimum absolute atomic E-state index is 0.275. The molecule has 4 nitrogen and oxygen atoms in total. The lowest BCUT2D eigenvalue weighted by Crippen LogP contribution is -2.38. The molecule has 98 valence electrons. The Morgan fingerprint density at radius 1 is 1.19 bits per heavy atom. The quantitative estimate of drug-likeness (QED) is 0.627. The Balaban J connectivity index is 3.67. The first-order valence-electron chi connectivity index (χ1n) is 5.94. The van der Waals surface area contributed by atoms with Crippen LogP contribution in [-0.4, -0.2) is 54.4 Å². The van der Waals surface area contributed by atoms with Crippen LogP contribution in [0.4, 0.5) is 0 Å². The van der Waals surface area contributed by atoms with Crippen LogP contribution in [0.3, 0.4) is 0 Å². The normalized spacial score (nSPS) is 14.4. The van der Waals surface area contributed by atoms with E-state index >= 15 is 0 Å². The maximum absolute atomic E-state index is 6.07. The summed E-state index contributed by atoms with van der Waals surface area (Å²) in [5.74, 6) is 0. The molecule has 0 amide bonds. The second kappa shape index (κ2) is 8.19. The van der Waals surface area contributed by atoms with Crippen molar-refractivity contribution in [3.8, 4) is 0 Å². The standard InChI is InChI=1S/C11H28N2O2Si/c1-13(2)9-6-7-11(12)8-10-16(5,14-3)15-4/h11H,6-10,12H2,1-5H3. The predicted octanol–water partition coefficient (Wildman–Crippen LogP) is 1.41. The van der Waals surface area contributed by atoms with Gasteiger partial charge in [0.15, 0.2) is 0 Å². The van der Waals surface area contributed by atoms with E-state index in [1.165, 1.54) is 0 Å². The third-order valence-electron chi connectivity index (χ3n) is 3.01. The van der Waals surface area contributed by atoms with E-state index < -0.39 is 8.56 Å². The molecule has 0 aliphatic rings. The van der Waals surface area contributed by atoms with E-state index in [4.69, 9.17) is 14.6 Å². The van der Waals surface area contributed by atoms with E-state index in [2.05, 4.69) is 25.5 Å². The van der Waals surface area contributed by atoms with Gasteiger partial charge in [0.25, 0.3) is 0 Å². The molecular weight excluding hydrogens is 220 g/mol. The largest absolute Gasteiger partial charge is 0.398 e. The van der Waals surface area contributed by atoms with Gasteiger partial charge in [-0.15, -0.1) is 0 Å². The van der Waals surface area contributed by atoms with Crippen LogP contribution in [-0.2, 0) is 8.85 Å². The molecule has 0 aromatic heterocycles. The Labute approximate surface area is 101 Å². The Morgan fingerprint density at radius 3 is 2.19 bits per heavy atom. The van der Waals surface area contributed by atoms with Gasteiger partial charge in [-0.2, -0.15) is 0 Å². The van der Waals surface area contributed by atoms with E-state index in [-0.39, 0.29) is 6.04 Å². The second-order valence-electron chi connectivity index (χ2n) is 4.79. The number of nitrogens with zero attached hydrogens (tertiary/aromatic N) is 1. The van der Waals surface area contributed by atoms with Crippen molar-refractivity contribution in [1.29, 1.82) is 0 Å². The lowest BCUT2D eigenvalue weighted by molar-refractivity contribution is 0.247. The molecule has 0 spiro atoms. The van der Waals surface area contributed by atoms with E-state index in [9.17, 15) is 0 Å². The average Bonchev–Trinajstić information content (AvgIpc) is 2.25. The van der Waals surface area contributed by atoms with Gasteiger partial charge in [-0.25, -0.2) is 0 Å². The van der Waals surface area contributed by atoms with Gasteiger partial charge in [0, 0.05) is 20.3 Å². The van der Waals surface area contributed by atoms with Gasteiger partial charge < -0.3 is 19.5 Å². The summed E-state index contributed by atoms with van der Waals surface area (Å²) < 4.78 is 10.9. The van der Waals surface area contributed by atoms with Crippen LogP contribution in [0.1, 0.15) is 19.3 Å². The van der Waals surface area contributed by atoms with Crippen molar-refractivity contribution in [2.24, 2.45) is 5.73 Å². The van der Waals surface area contributed by atoms with Crippen molar-refractivity contribution in [3.63, 3.8) is 0 Å². The Hall–Kier alpha value is 0.0569. The molecule has 0 saturated carbocycles. The highest BCUT2D eigenvalue weighted by Gasteiger charge is 2.28. The van der Waals surface area contributed by atoms with Gasteiger partial charge in [0.1, 0.15) is 0 Å². The maximum atomic E-state index is 6.07. The molecule has 0 rings (SSSR count). The monoisotopic (exact) mass is 248 g/mol. The Bertz CT molecular complexity index is 175. The minimum atomic E-state index is -1.91. The van der Waals surface area contributed by atoms with Crippen LogP contribution >= 0.6 is 0 Å². The second-order valence-corrected chi connectivity index (χ2v) is 8.37. The van der Waals surface area contributed by atoms with Crippen LogP contribution in [0.5, 0.6) is 0 Å². The molecule has 0 saturated heterocycles. The summed E-state index contributed by atoms with van der Waals surface area (Å²) in [6, 6.07) is 1.25. The third-order valence-corrected chi connectivity index (χ3v) is 5.94. The first kappa shape index (κ1) is 16.1. The number of hydrogen-bond acceptors (Lipinski definition) is 4. The maximum Gasteiger partial charge on any atom is 0.334 e. The Kier molecular flexibility index (Phi) is 8.22. The van der Waals surface area contributed by atoms with Crippen molar-refractivity contribution >= 4 is 8.56 Å². The van der Waals surface area contributed by atoms with Gasteiger partial charge in [-0.3, -0.25) is 0 Å². The van der Waals surface area contributed by atoms with E-state index in [1.807, 2.05) is 0 Å². The molecule has 0 fully saturated rings. The van der Waals surface area contributed by atoms with Crippen molar-refractivity contribution in [1.82, 2.24) is 4.90 Å². The van der Waals surface area contributed by atoms with Crippen LogP contribution in [0.25, 0.3) is 0 Å². The molecule has 2 N–H and O–H groups in total. The highest BCUT2D eigenvalue weighted by atomic mass is 28.4. The average molecular weight is 248 g/mol. The van der Waals surface area contributed by atoms with Gasteiger partial charge in [0.05, 0.1) is 0 Å². The third kappa shape index (κ3) is 7.35. The van der Waals surface area contributed by atoms with Crippen LogP contribution in [0, 0.1) is 0 Å². The SMILES string of the molecule is CO[Si](C)(CCC(N)CCCN(C)C)OC. The van der Waals surface area contributed by atoms with Gasteiger partial charge in [-0.1, -0.05) is 0 Å². The molecule has 0 bridgehead atoms. The molecule has 0 heterocycles. The summed E-state index contributed by atoms with van der Waals surface area (Å²) in [4.78, 5) is 2.19. The molecule has 1 unspecified atom stereocenters. The van der Waals surface area contributed by atoms with Crippen LogP contribution in [0.2, 0.25) is 12.6 Å². The summed E-state index contributed by atoms with van der Waals surface area (Å²) in [5, 5.41) is 0. The summed E-state index contributed by atoms with van der Waals surface area (Å²) in [7, 11) is 5.72. The highest BCUT2D eigenvalue weighted by molar-refractivity contribution is 6.65. The molecule has 0 radical (unpaired) electrons. The summed E-state index contributed by atoms with van der Waals surface area (Å²) >= 11 is 0. The molecule has 0 aromatic rings. The molecule has 0 aromatic carbocycles. The molecule has 0 aliphatic heterocycles. The van der Waals surface area contributed by atoms with Crippen LogP contribution in [0.15, 0.2) is 0 Å². The zero-order chi connectivity index (χ0) is 12.6. The number of nitrogens with two attached hydrogens (primary N) is 1. The van der Waals surface area contributed by atoms with Crippen LogP contribution < -0.4 is 5.73 Å². The zero-order valence-corrected chi connectivity index (χ0v) is 12.5. The fourth-order valence-corrected chi connectivity index (χ4v) is 3.02. The summed E-state index contributed by atoms with van der Waals surface area (Å²) in [6.07, 6.45) is 3.24. The summed E-state index contributed by atoms with van der Waals surface area (Å²) in [5.41, 5.74) is 6.07. The van der Waals surface area contributed by atoms with E-state index in [1.54, 1.807) is 14.2 Å². The number of rotatable bonds is 9. The fraction of sp³-hybridized carbons (Fsp3) is 1.00. The van der Waals surface area contributed by atoms with Gasteiger partial charge >= 0.3 is 8.56 Å². The van der Waals surface area contributed by atoms with Gasteiger partial charge in [0.2, 0.25) is 0 Å². The van der Waals surface area contributed by atoms with Crippen molar-refractivity contribution in [2.45, 2.75) is 37.9 Å². The zero-order valence-electron chi connectivity index (χ0n) is 11.5. The minimum Gasteiger partial charge on any atom is -0.398 e. The lowest BCUT2D eigenvalue weighted by Gasteiger charge is -2.24. The fourth-order valence-electron chi connectivity index (χ4n) is 1.55. The topological polar surface area (TPSA) is 47.7 Å². The van der Waals surface area contributed by atoms with E-state index in [0.717, 1.165) is 31.9 Å². The summed E-state index contributed by atoms with van der Waals surface area (Å²) in [6.45, 7) is 3.19. The predicted molar refractivity (Wildman–Crippen MR) is 70.8 cm³/mol. The number of hydrogen-bond donors (Lipinski definition) is 1. The molecular formula is C11H28N2O2Si. The van der Waals surface area contributed by atoms with Gasteiger partial charge in [-0.05, 0) is 52.5 Å². The van der Waals surface area contributed by atoms with Crippen molar-refractivity contribution in [2.75, 3.05) is 34.9 Å². The first-order chi connectivity index (χ1) is 7.43. The molecule has 5 heteroatoms. The highest BCUT2D eigenvalue weighted by Crippen LogP contribution is 2.16. The van der Waals surface area contributed by atoms with Crippen molar-refractivity contribution < 1.29 is 8.85 Å². The smallest absolute Gasteiger partial charge is 0.334 e. The van der Waals surface area contributed by atoms with Crippen molar-refractivity contribution in [3.05, 3.63) is 0 Å². The van der Waals surface area contributed by atoms with E-state index in [0.29, 0.717) is 0 Å². The molecule has 16 heavy (non-hydrogen) atoms. The molecule has 0 aliphatic carbocycles. The molecule has 1 atom stereocenters. The Morgan fingerprint density at radius 2 is 1.75 bits per heavy atom.